The van der Waals surface area contributed by atoms with Gasteiger partial charge < -0.3 is 0 Å². The lowest BCUT2D eigenvalue weighted by Crippen LogP contribution is -1.91. The summed E-state index contributed by atoms with van der Waals surface area (Å²) < 4.78 is 0. The van der Waals surface area contributed by atoms with Crippen molar-refractivity contribution < 1.29 is 0 Å². The average molecular weight is 311 g/mol. The summed E-state index contributed by atoms with van der Waals surface area (Å²) in [6.07, 6.45) is 6.38. The normalized spacial score (nSPS) is 20.1. The first-order valence-electron chi connectivity index (χ1n) is 7.62. The van der Waals surface area contributed by atoms with E-state index in [0.29, 0.717) is 0 Å². The molecule has 2 aliphatic carbocycles. The Hall–Kier alpha value is -0.460. The van der Waals surface area contributed by atoms with Crippen molar-refractivity contribution in [3.63, 3.8) is 0 Å². The molecule has 0 aromatic heterocycles. The van der Waals surface area contributed by atoms with Crippen LogP contribution in [0.3, 0.4) is 0 Å². The number of hydrogen-bond acceptors (Lipinski definition) is 0. The third-order valence-corrected chi connectivity index (χ3v) is 5.58. The third-order valence-electron chi connectivity index (χ3n) is 4.75. The van der Waals surface area contributed by atoms with E-state index >= 15 is 0 Å². The Morgan fingerprint density at radius 3 is 1.40 bits per heavy atom. The third kappa shape index (κ3) is 2.92. The van der Waals surface area contributed by atoms with Gasteiger partial charge in [-0.25, -0.2) is 0 Å². The molecule has 2 aliphatic rings. The summed E-state index contributed by atoms with van der Waals surface area (Å²) in [5.41, 5.74) is 8.68. The van der Waals surface area contributed by atoms with Crippen LogP contribution in [-0.4, -0.2) is 0 Å². The molecule has 0 N–H and O–H groups in total. The van der Waals surface area contributed by atoms with Gasteiger partial charge in [-0.05, 0) is 61.8 Å². The van der Waals surface area contributed by atoms with Crippen LogP contribution in [0, 0.1) is 0 Å². The Morgan fingerprint density at radius 1 is 0.750 bits per heavy atom. The highest BCUT2D eigenvalue weighted by atomic mass is 35.5. The van der Waals surface area contributed by atoms with Gasteiger partial charge in [0.2, 0.25) is 0 Å². The molecule has 2 rings (SSSR count). The minimum atomic E-state index is 0.964. The summed E-state index contributed by atoms with van der Waals surface area (Å²) in [6, 6.07) is 0. The zero-order valence-corrected chi connectivity index (χ0v) is 14.5. The second-order valence-corrected chi connectivity index (χ2v) is 6.70. The van der Waals surface area contributed by atoms with Gasteiger partial charge in [-0.1, -0.05) is 48.2 Å². The van der Waals surface area contributed by atoms with Gasteiger partial charge in [0.15, 0.2) is 0 Å². The highest BCUT2D eigenvalue weighted by Gasteiger charge is 2.22. The monoisotopic (exact) mass is 310 g/mol. The first-order chi connectivity index (χ1) is 9.49. The smallest absolute Gasteiger partial charge is 0.0253 e. The van der Waals surface area contributed by atoms with Gasteiger partial charge in [0.25, 0.3) is 0 Å². The van der Waals surface area contributed by atoms with Crippen molar-refractivity contribution in [1.82, 2.24) is 0 Å². The maximum Gasteiger partial charge on any atom is 0.0253 e. The lowest BCUT2D eigenvalue weighted by Gasteiger charge is -2.10. The van der Waals surface area contributed by atoms with Crippen molar-refractivity contribution in [2.45, 2.75) is 66.2 Å². The number of allylic oxidation sites excluding steroid dienone is 8. The molecule has 0 radical (unpaired) electrons. The lowest BCUT2D eigenvalue weighted by molar-refractivity contribution is 0.853. The van der Waals surface area contributed by atoms with E-state index in [1.165, 1.54) is 22.3 Å². The van der Waals surface area contributed by atoms with Gasteiger partial charge in [-0.3, -0.25) is 0 Å². The fourth-order valence-electron chi connectivity index (χ4n) is 3.52. The van der Waals surface area contributed by atoms with Gasteiger partial charge in [-0.2, -0.15) is 0 Å². The van der Waals surface area contributed by atoms with Gasteiger partial charge in [0.1, 0.15) is 0 Å². The van der Waals surface area contributed by atoms with Crippen LogP contribution in [0.5, 0.6) is 0 Å². The van der Waals surface area contributed by atoms with Crippen LogP contribution in [-0.2, 0) is 0 Å². The standard InChI is InChI=1S/C18H24Cl2/c1-5-15-11(3)17(19)9-13(15)7-8-14-10-18(20)12(4)16(14)6-2/h5-10H2,1-4H3. The van der Waals surface area contributed by atoms with E-state index in [2.05, 4.69) is 27.7 Å². The van der Waals surface area contributed by atoms with E-state index in [0.717, 1.165) is 48.6 Å². The second-order valence-electron chi connectivity index (χ2n) is 5.78. The van der Waals surface area contributed by atoms with Crippen molar-refractivity contribution in [3.05, 3.63) is 43.5 Å². The fraction of sp³-hybridized carbons (Fsp3) is 0.556. The van der Waals surface area contributed by atoms with Gasteiger partial charge in [0, 0.05) is 22.9 Å². The summed E-state index contributed by atoms with van der Waals surface area (Å²) in [6.45, 7) is 8.76. The molecule has 0 aromatic carbocycles. The van der Waals surface area contributed by atoms with Crippen molar-refractivity contribution in [3.8, 4) is 0 Å². The molecule has 110 valence electrons. The SMILES string of the molecule is CCC1=C(CCC2=C(CC)C(C)=C(Cl)C2)CC(Cl)=C1C. The molecule has 0 fully saturated rings. The molecule has 0 unspecified atom stereocenters. The van der Waals surface area contributed by atoms with Crippen LogP contribution in [0.4, 0.5) is 0 Å². The Kier molecular flexibility index (Phi) is 5.20. The van der Waals surface area contributed by atoms with E-state index in [9.17, 15) is 0 Å². The molecule has 0 bridgehead atoms. The Balaban J connectivity index is 2.08. The van der Waals surface area contributed by atoms with Gasteiger partial charge in [-0.15, -0.1) is 0 Å². The molecule has 0 atom stereocenters. The zero-order valence-electron chi connectivity index (χ0n) is 13.0. The summed E-state index contributed by atoms with van der Waals surface area (Å²) in [7, 11) is 0. The second kappa shape index (κ2) is 6.54. The molecule has 0 aliphatic heterocycles. The minimum absolute atomic E-state index is 0.964. The van der Waals surface area contributed by atoms with E-state index < -0.39 is 0 Å². The molecular weight excluding hydrogens is 287 g/mol. The summed E-state index contributed by atoms with van der Waals surface area (Å²) >= 11 is 12.7. The summed E-state index contributed by atoms with van der Waals surface area (Å²) in [5, 5.41) is 2.08. The van der Waals surface area contributed by atoms with Crippen LogP contribution >= 0.6 is 23.2 Å². The van der Waals surface area contributed by atoms with Gasteiger partial charge in [0.05, 0.1) is 0 Å². The van der Waals surface area contributed by atoms with Crippen molar-refractivity contribution in [1.29, 1.82) is 0 Å². The Bertz CT molecular complexity index is 492. The highest BCUT2D eigenvalue weighted by molar-refractivity contribution is 6.31. The predicted octanol–water partition coefficient (Wildman–Crippen LogP) is 7.01. The van der Waals surface area contributed by atoms with Crippen LogP contribution in [0.25, 0.3) is 0 Å². The van der Waals surface area contributed by atoms with E-state index in [-0.39, 0.29) is 0 Å². The molecule has 0 heterocycles. The average Bonchev–Trinajstić information content (AvgIpc) is 2.85. The lowest BCUT2D eigenvalue weighted by atomic mass is 9.95. The van der Waals surface area contributed by atoms with E-state index in [1.807, 2.05) is 0 Å². The zero-order chi connectivity index (χ0) is 14.9. The molecule has 20 heavy (non-hydrogen) atoms. The molecule has 2 heteroatoms. The molecule has 0 aromatic rings. The van der Waals surface area contributed by atoms with Crippen LogP contribution in [0.1, 0.15) is 66.2 Å². The first kappa shape index (κ1) is 15.9. The summed E-state index contributed by atoms with van der Waals surface area (Å²) in [4.78, 5) is 0. The topological polar surface area (TPSA) is 0 Å². The molecule has 0 spiro atoms. The minimum Gasteiger partial charge on any atom is -0.0885 e. The van der Waals surface area contributed by atoms with Crippen LogP contribution in [0.15, 0.2) is 43.5 Å². The van der Waals surface area contributed by atoms with E-state index in [4.69, 9.17) is 23.2 Å². The van der Waals surface area contributed by atoms with Crippen LogP contribution < -0.4 is 0 Å². The number of halogens is 2. The maximum absolute atomic E-state index is 6.33. The molecule has 0 amide bonds. The maximum atomic E-state index is 6.33. The van der Waals surface area contributed by atoms with E-state index in [1.54, 1.807) is 11.1 Å². The quantitative estimate of drug-likeness (QED) is 0.512. The van der Waals surface area contributed by atoms with Crippen molar-refractivity contribution in [2.24, 2.45) is 0 Å². The summed E-state index contributed by atoms with van der Waals surface area (Å²) in [5.74, 6) is 0. The molecule has 0 saturated heterocycles. The molecular formula is C18H24Cl2. The number of hydrogen-bond donors (Lipinski definition) is 0. The Morgan fingerprint density at radius 2 is 1.10 bits per heavy atom. The van der Waals surface area contributed by atoms with Crippen molar-refractivity contribution in [2.75, 3.05) is 0 Å². The van der Waals surface area contributed by atoms with Crippen LogP contribution in [0.2, 0.25) is 0 Å². The highest BCUT2D eigenvalue weighted by Crippen LogP contribution is 2.42. The molecule has 0 nitrogen and oxygen atoms in total. The fourth-order valence-corrected chi connectivity index (χ4v) is 4.07. The first-order valence-corrected chi connectivity index (χ1v) is 8.38. The predicted molar refractivity (Wildman–Crippen MR) is 90.2 cm³/mol. The number of rotatable bonds is 5. The van der Waals surface area contributed by atoms with Gasteiger partial charge >= 0.3 is 0 Å². The molecule has 0 saturated carbocycles. The van der Waals surface area contributed by atoms with Crippen molar-refractivity contribution >= 4 is 23.2 Å². The Labute approximate surface area is 133 Å². The largest absolute Gasteiger partial charge is 0.0885 e.